The highest BCUT2D eigenvalue weighted by molar-refractivity contribution is 5.96. The average molecular weight is 927 g/mol. The predicted molar refractivity (Wildman–Crippen MR) is 288 cm³/mol. The van der Waals surface area contributed by atoms with Gasteiger partial charge in [-0.05, 0) is 229 Å². The number of nitrogens with zero attached hydrogens (tertiary/aromatic N) is 4. The zero-order valence-electron chi connectivity index (χ0n) is 42.8. The van der Waals surface area contributed by atoms with Gasteiger partial charge in [0.1, 0.15) is 0 Å². The molecule has 0 spiro atoms. The second-order valence-corrected chi connectivity index (χ2v) is 19.2. The third-order valence-electron chi connectivity index (χ3n) is 11.9. The molecular formula is C63H66N4O3. The smallest absolute Gasteiger partial charge is 0.254 e. The van der Waals surface area contributed by atoms with Gasteiger partial charge < -0.3 is 19.6 Å². The first-order valence-corrected chi connectivity index (χ1v) is 24.4. The monoisotopic (exact) mass is 927 g/mol. The maximum atomic E-state index is 13.2. The van der Waals surface area contributed by atoms with Crippen LogP contribution in [0.3, 0.4) is 0 Å². The van der Waals surface area contributed by atoms with Gasteiger partial charge in [0.25, 0.3) is 17.7 Å². The molecule has 0 saturated heterocycles. The van der Waals surface area contributed by atoms with E-state index in [1.165, 1.54) is 0 Å². The minimum atomic E-state index is 0.0161. The Morgan fingerprint density at radius 2 is 0.429 bits per heavy atom. The van der Waals surface area contributed by atoms with Crippen LogP contribution in [0.5, 0.6) is 0 Å². The third kappa shape index (κ3) is 13.0. The fraction of sp³-hybridized carbons (Fsp3) is 0.286. The van der Waals surface area contributed by atoms with E-state index in [9.17, 15) is 14.4 Å². The standard InChI is InChI=1S/C63H66N4O3/c1-43(2)64(44(3)4)61(68)55-31-19-49(20-32-55)13-16-52-25-37-58(38-26-52)67(59-39-27-53(28-40-59)17-14-50-21-33-56(34-22-50)62(69)65(45(5)6)46(7)8)60-41-29-54(30-42-60)18-15-51-23-35-57(36-24-51)63(70)66(47(9)10)48(11)12/h19-48H,1-12H3. The molecule has 0 aromatic heterocycles. The van der Waals surface area contributed by atoms with Crippen molar-refractivity contribution >= 4 is 34.8 Å². The second kappa shape index (κ2) is 23.5. The van der Waals surface area contributed by atoms with Gasteiger partial charge in [0.05, 0.1) is 0 Å². The summed E-state index contributed by atoms with van der Waals surface area (Å²) in [5, 5.41) is 0. The maximum Gasteiger partial charge on any atom is 0.254 e. The molecule has 70 heavy (non-hydrogen) atoms. The normalized spacial score (nSPS) is 10.9. The van der Waals surface area contributed by atoms with E-state index in [1.54, 1.807) is 0 Å². The van der Waals surface area contributed by atoms with Crippen molar-refractivity contribution in [2.75, 3.05) is 4.90 Å². The van der Waals surface area contributed by atoms with E-state index in [4.69, 9.17) is 0 Å². The number of amides is 3. The second-order valence-electron chi connectivity index (χ2n) is 19.2. The Bertz CT molecular complexity index is 2580. The van der Waals surface area contributed by atoms with Gasteiger partial charge in [0, 0.05) is 103 Å². The van der Waals surface area contributed by atoms with Crippen LogP contribution in [0.1, 0.15) is 148 Å². The average Bonchev–Trinajstić information content (AvgIpc) is 3.33. The van der Waals surface area contributed by atoms with Crippen molar-refractivity contribution in [1.29, 1.82) is 0 Å². The summed E-state index contributed by atoms with van der Waals surface area (Å²) in [5.74, 6) is 19.7. The molecule has 0 unspecified atom stereocenters. The van der Waals surface area contributed by atoms with Gasteiger partial charge in [0.2, 0.25) is 0 Å². The summed E-state index contributed by atoms with van der Waals surface area (Å²) in [6.07, 6.45) is 0. The van der Waals surface area contributed by atoms with Crippen molar-refractivity contribution in [3.8, 4) is 35.5 Å². The van der Waals surface area contributed by atoms with Crippen LogP contribution in [0, 0.1) is 35.5 Å². The van der Waals surface area contributed by atoms with Gasteiger partial charge in [-0.2, -0.15) is 0 Å². The quantitative estimate of drug-likeness (QED) is 0.115. The number of hydrogen-bond donors (Lipinski definition) is 0. The molecule has 7 nitrogen and oxygen atoms in total. The van der Waals surface area contributed by atoms with Crippen molar-refractivity contribution in [2.24, 2.45) is 0 Å². The van der Waals surface area contributed by atoms with E-state index in [1.807, 2.05) is 207 Å². The predicted octanol–water partition coefficient (Wildman–Crippen LogP) is 13.1. The molecule has 0 aliphatic rings. The van der Waals surface area contributed by atoms with Crippen LogP contribution >= 0.6 is 0 Å². The third-order valence-corrected chi connectivity index (χ3v) is 11.9. The zero-order valence-corrected chi connectivity index (χ0v) is 42.8. The Labute approximate surface area is 417 Å². The lowest BCUT2D eigenvalue weighted by molar-refractivity contribution is 0.0634. The molecule has 0 aliphatic carbocycles. The van der Waals surface area contributed by atoms with Crippen molar-refractivity contribution in [3.05, 3.63) is 196 Å². The van der Waals surface area contributed by atoms with Crippen LogP contribution in [-0.2, 0) is 0 Å². The van der Waals surface area contributed by atoms with Gasteiger partial charge in [-0.25, -0.2) is 0 Å². The Kier molecular flexibility index (Phi) is 17.3. The van der Waals surface area contributed by atoms with Gasteiger partial charge >= 0.3 is 0 Å². The first-order chi connectivity index (χ1) is 33.4. The lowest BCUT2D eigenvalue weighted by Gasteiger charge is -2.30. The van der Waals surface area contributed by atoms with Crippen molar-refractivity contribution in [3.63, 3.8) is 0 Å². The Morgan fingerprint density at radius 3 is 0.586 bits per heavy atom. The molecule has 3 amide bonds. The van der Waals surface area contributed by atoms with Gasteiger partial charge in [-0.15, -0.1) is 0 Å². The molecule has 0 N–H and O–H groups in total. The van der Waals surface area contributed by atoms with Crippen LogP contribution in [0.25, 0.3) is 0 Å². The molecule has 7 heteroatoms. The highest BCUT2D eigenvalue weighted by Gasteiger charge is 2.24. The van der Waals surface area contributed by atoms with Gasteiger partial charge in [-0.3, -0.25) is 14.4 Å². The van der Waals surface area contributed by atoms with E-state index in [0.29, 0.717) is 16.7 Å². The van der Waals surface area contributed by atoms with Crippen LogP contribution in [-0.4, -0.2) is 68.7 Å². The summed E-state index contributed by atoms with van der Waals surface area (Å²) in [7, 11) is 0. The number of hydrogen-bond acceptors (Lipinski definition) is 4. The minimum absolute atomic E-state index is 0.0161. The number of anilines is 3. The van der Waals surface area contributed by atoms with Crippen LogP contribution in [0.15, 0.2) is 146 Å². The molecule has 356 valence electrons. The van der Waals surface area contributed by atoms with Crippen molar-refractivity contribution < 1.29 is 14.4 Å². The van der Waals surface area contributed by atoms with Crippen molar-refractivity contribution in [1.82, 2.24) is 14.7 Å². The molecule has 6 aromatic carbocycles. The molecule has 0 bridgehead atoms. The maximum absolute atomic E-state index is 13.2. The highest BCUT2D eigenvalue weighted by atomic mass is 16.2. The minimum Gasteiger partial charge on any atom is -0.334 e. The molecule has 0 heterocycles. The summed E-state index contributed by atoms with van der Waals surface area (Å²) < 4.78 is 0. The number of carbonyl (C=O) groups is 3. The summed E-state index contributed by atoms with van der Waals surface area (Å²) in [6, 6.07) is 47.6. The Morgan fingerprint density at radius 1 is 0.271 bits per heavy atom. The molecular weight excluding hydrogens is 861 g/mol. The summed E-state index contributed by atoms with van der Waals surface area (Å²) in [6.45, 7) is 24.4. The molecule has 0 radical (unpaired) electrons. The van der Waals surface area contributed by atoms with Crippen molar-refractivity contribution in [2.45, 2.75) is 119 Å². The zero-order chi connectivity index (χ0) is 50.6. The van der Waals surface area contributed by atoms with Crippen LogP contribution < -0.4 is 4.90 Å². The van der Waals surface area contributed by atoms with Crippen LogP contribution in [0.2, 0.25) is 0 Å². The lowest BCUT2D eigenvalue weighted by Crippen LogP contribution is -2.42. The SMILES string of the molecule is CC(C)N(C(=O)c1ccc(C#Cc2ccc(N(c3ccc(C#Cc4ccc(C(=O)N(C(C)C)C(C)C)cc4)cc3)c3ccc(C#Cc4ccc(C(=O)N(C(C)C)C(C)C)cc4)cc3)cc2)cc1)C(C)C. The van der Waals surface area contributed by atoms with E-state index >= 15 is 0 Å². The van der Waals surface area contributed by atoms with Gasteiger partial charge in [0.15, 0.2) is 0 Å². The first-order valence-electron chi connectivity index (χ1n) is 24.4. The fourth-order valence-corrected chi connectivity index (χ4v) is 8.69. The van der Waals surface area contributed by atoms with E-state index in [0.717, 1.165) is 50.4 Å². The Hall–Kier alpha value is -7.79. The summed E-state index contributed by atoms with van der Waals surface area (Å²) >= 11 is 0. The molecule has 0 aliphatic heterocycles. The van der Waals surface area contributed by atoms with E-state index in [-0.39, 0.29) is 54.0 Å². The molecule has 6 aromatic rings. The lowest BCUT2D eigenvalue weighted by atomic mass is 10.1. The number of benzene rings is 6. The number of carbonyl (C=O) groups excluding carboxylic acids is 3. The largest absolute Gasteiger partial charge is 0.334 e. The highest BCUT2D eigenvalue weighted by Crippen LogP contribution is 2.35. The fourth-order valence-electron chi connectivity index (χ4n) is 8.69. The summed E-state index contributed by atoms with van der Waals surface area (Å²) in [5.41, 5.74) is 9.82. The van der Waals surface area contributed by atoms with Crippen LogP contribution in [0.4, 0.5) is 17.1 Å². The van der Waals surface area contributed by atoms with E-state index in [2.05, 4.69) is 76.8 Å². The Balaban J connectivity index is 1.24. The molecule has 0 saturated carbocycles. The topological polar surface area (TPSA) is 64.2 Å². The molecule has 0 fully saturated rings. The molecule has 6 rings (SSSR count). The molecule has 0 atom stereocenters. The van der Waals surface area contributed by atoms with E-state index < -0.39 is 0 Å². The van der Waals surface area contributed by atoms with Gasteiger partial charge in [-0.1, -0.05) is 35.5 Å². The number of rotatable bonds is 12. The summed E-state index contributed by atoms with van der Waals surface area (Å²) in [4.78, 5) is 47.5. The first kappa shape index (κ1) is 51.6.